The van der Waals surface area contributed by atoms with E-state index in [0.717, 1.165) is 16.9 Å². The first-order valence-corrected chi connectivity index (χ1v) is 7.74. The van der Waals surface area contributed by atoms with Crippen LogP contribution in [0.4, 0.5) is 0 Å². The number of ether oxygens (including phenoxy) is 4. The third-order valence-corrected chi connectivity index (χ3v) is 4.20. The highest BCUT2D eigenvalue weighted by atomic mass is 16.6. The maximum Gasteiger partial charge on any atom is 0.161 e. The van der Waals surface area contributed by atoms with Gasteiger partial charge in [-0.25, -0.2) is 0 Å². The summed E-state index contributed by atoms with van der Waals surface area (Å²) in [4.78, 5) is 0. The predicted molar refractivity (Wildman–Crippen MR) is 86.7 cm³/mol. The zero-order valence-corrected chi connectivity index (χ0v) is 13.2. The van der Waals surface area contributed by atoms with Crippen LogP contribution in [0, 0.1) is 0 Å². The van der Waals surface area contributed by atoms with Crippen molar-refractivity contribution in [3.8, 4) is 23.0 Å². The molecule has 0 fully saturated rings. The highest BCUT2D eigenvalue weighted by Gasteiger charge is 2.28. The molecule has 6 nitrogen and oxygen atoms in total. The number of methoxy groups -OCH3 is 1. The van der Waals surface area contributed by atoms with Crippen molar-refractivity contribution in [2.24, 2.45) is 5.16 Å². The topological polar surface area (TPSA) is 69.5 Å². The molecule has 1 atom stereocenters. The molecule has 2 aromatic rings. The Morgan fingerprint density at radius 3 is 2.62 bits per heavy atom. The van der Waals surface area contributed by atoms with Gasteiger partial charge >= 0.3 is 0 Å². The van der Waals surface area contributed by atoms with E-state index in [4.69, 9.17) is 18.9 Å². The molecule has 0 saturated heterocycles. The van der Waals surface area contributed by atoms with Crippen LogP contribution < -0.4 is 18.9 Å². The Morgan fingerprint density at radius 1 is 1.04 bits per heavy atom. The summed E-state index contributed by atoms with van der Waals surface area (Å²) in [5.41, 5.74) is 2.25. The number of hydrogen-bond acceptors (Lipinski definition) is 6. The molecule has 2 aliphatic rings. The lowest BCUT2D eigenvalue weighted by Gasteiger charge is -2.28. The van der Waals surface area contributed by atoms with Crippen molar-refractivity contribution in [2.75, 3.05) is 20.3 Å². The molecule has 4 rings (SSSR count). The van der Waals surface area contributed by atoms with Gasteiger partial charge in [0.1, 0.15) is 30.8 Å². The zero-order chi connectivity index (χ0) is 16.5. The molecule has 1 unspecified atom stereocenters. The van der Waals surface area contributed by atoms with Gasteiger partial charge in [0.25, 0.3) is 0 Å². The molecule has 0 aromatic heterocycles. The predicted octanol–water partition coefficient (Wildman–Crippen LogP) is 3.17. The number of benzene rings is 2. The summed E-state index contributed by atoms with van der Waals surface area (Å²) in [6, 6.07) is 11.2. The van der Waals surface area contributed by atoms with E-state index in [1.54, 1.807) is 7.11 Å². The molecular formula is C18H17NO5. The van der Waals surface area contributed by atoms with E-state index >= 15 is 0 Å². The molecule has 2 aliphatic heterocycles. The van der Waals surface area contributed by atoms with Crippen molar-refractivity contribution in [3.05, 3.63) is 47.5 Å². The standard InChI is InChI=1S/C18H17NO5/c1-21-12-3-5-15-13(9-12)14(19-20)10-17(24-15)11-2-4-16-18(8-11)23-7-6-22-16/h2-5,8-9,17,20H,6-7,10H2,1H3/b19-14+. The summed E-state index contributed by atoms with van der Waals surface area (Å²) in [5.74, 6) is 2.80. The van der Waals surface area contributed by atoms with Gasteiger partial charge in [-0.1, -0.05) is 11.2 Å². The van der Waals surface area contributed by atoms with Crippen molar-refractivity contribution < 1.29 is 24.2 Å². The highest BCUT2D eigenvalue weighted by molar-refractivity contribution is 6.04. The van der Waals surface area contributed by atoms with Gasteiger partial charge in [-0.3, -0.25) is 0 Å². The van der Waals surface area contributed by atoms with Gasteiger partial charge in [-0.05, 0) is 35.9 Å². The first-order valence-electron chi connectivity index (χ1n) is 7.74. The fraction of sp³-hybridized carbons (Fsp3) is 0.278. The first-order chi connectivity index (χ1) is 11.8. The lowest BCUT2D eigenvalue weighted by molar-refractivity contribution is 0.169. The second-order valence-electron chi connectivity index (χ2n) is 5.62. The molecule has 0 spiro atoms. The normalized spacial score (nSPS) is 20.2. The number of rotatable bonds is 2. The minimum Gasteiger partial charge on any atom is -0.497 e. The Bertz CT molecular complexity index is 802. The molecule has 2 heterocycles. The van der Waals surface area contributed by atoms with Crippen LogP contribution in [0.15, 0.2) is 41.6 Å². The van der Waals surface area contributed by atoms with Crippen molar-refractivity contribution in [1.82, 2.24) is 0 Å². The number of fused-ring (bicyclic) bond motifs is 2. The molecule has 1 N–H and O–H groups in total. The Labute approximate surface area is 139 Å². The summed E-state index contributed by atoms with van der Waals surface area (Å²) < 4.78 is 22.5. The van der Waals surface area contributed by atoms with Gasteiger partial charge in [0.2, 0.25) is 0 Å². The Morgan fingerprint density at radius 2 is 1.83 bits per heavy atom. The summed E-state index contributed by atoms with van der Waals surface area (Å²) in [6.45, 7) is 1.09. The summed E-state index contributed by atoms with van der Waals surface area (Å²) >= 11 is 0. The SMILES string of the molecule is COc1ccc2c(c1)/C(=N/O)CC(c1ccc3c(c1)OCCO3)O2. The highest BCUT2D eigenvalue weighted by Crippen LogP contribution is 2.40. The van der Waals surface area contributed by atoms with Gasteiger partial charge in [0, 0.05) is 12.0 Å². The van der Waals surface area contributed by atoms with Crippen LogP contribution in [-0.4, -0.2) is 31.2 Å². The molecule has 0 saturated carbocycles. The molecule has 0 radical (unpaired) electrons. The van der Waals surface area contributed by atoms with E-state index < -0.39 is 0 Å². The van der Waals surface area contributed by atoms with Crippen molar-refractivity contribution in [3.63, 3.8) is 0 Å². The molecule has 0 amide bonds. The second-order valence-corrected chi connectivity index (χ2v) is 5.62. The van der Waals surface area contributed by atoms with Crippen molar-refractivity contribution in [2.45, 2.75) is 12.5 Å². The summed E-state index contributed by atoms with van der Waals surface area (Å²) in [6.07, 6.45) is 0.198. The van der Waals surface area contributed by atoms with Crippen LogP contribution in [-0.2, 0) is 0 Å². The van der Waals surface area contributed by atoms with E-state index in [2.05, 4.69) is 5.16 Å². The molecule has 0 aliphatic carbocycles. The fourth-order valence-corrected chi connectivity index (χ4v) is 2.99. The van der Waals surface area contributed by atoms with E-state index in [1.165, 1.54) is 0 Å². The average molecular weight is 327 g/mol. The minimum absolute atomic E-state index is 0.257. The lowest BCUT2D eigenvalue weighted by atomic mass is 9.95. The molecule has 124 valence electrons. The average Bonchev–Trinajstić information content (AvgIpc) is 2.66. The van der Waals surface area contributed by atoms with Gasteiger partial charge in [0.15, 0.2) is 11.5 Å². The van der Waals surface area contributed by atoms with E-state index in [0.29, 0.717) is 42.6 Å². The van der Waals surface area contributed by atoms with Gasteiger partial charge in [0.05, 0.1) is 12.8 Å². The lowest BCUT2D eigenvalue weighted by Crippen LogP contribution is -2.22. The maximum absolute atomic E-state index is 9.41. The quantitative estimate of drug-likeness (QED) is 0.678. The third-order valence-electron chi connectivity index (χ3n) is 4.20. The molecule has 2 aromatic carbocycles. The van der Waals surface area contributed by atoms with Crippen LogP contribution in [0.2, 0.25) is 0 Å². The smallest absolute Gasteiger partial charge is 0.161 e. The maximum atomic E-state index is 9.41. The van der Waals surface area contributed by atoms with E-state index in [1.807, 2.05) is 36.4 Å². The first kappa shape index (κ1) is 14.7. The van der Waals surface area contributed by atoms with Crippen LogP contribution in [0.3, 0.4) is 0 Å². The Balaban J connectivity index is 1.68. The van der Waals surface area contributed by atoms with Gasteiger partial charge in [-0.2, -0.15) is 0 Å². The van der Waals surface area contributed by atoms with Crippen LogP contribution in [0.1, 0.15) is 23.7 Å². The van der Waals surface area contributed by atoms with Gasteiger partial charge in [-0.15, -0.1) is 0 Å². The Kier molecular flexibility index (Phi) is 3.65. The fourth-order valence-electron chi connectivity index (χ4n) is 2.99. The van der Waals surface area contributed by atoms with E-state index in [9.17, 15) is 5.21 Å². The summed E-state index contributed by atoms with van der Waals surface area (Å²) in [5, 5.41) is 12.9. The van der Waals surface area contributed by atoms with E-state index in [-0.39, 0.29) is 6.10 Å². The third kappa shape index (κ3) is 2.50. The number of oxime groups is 1. The zero-order valence-electron chi connectivity index (χ0n) is 13.2. The van der Waals surface area contributed by atoms with Crippen LogP contribution in [0.25, 0.3) is 0 Å². The molecule has 0 bridgehead atoms. The molecule has 24 heavy (non-hydrogen) atoms. The molecular weight excluding hydrogens is 310 g/mol. The largest absolute Gasteiger partial charge is 0.497 e. The monoisotopic (exact) mass is 327 g/mol. The van der Waals surface area contributed by atoms with Gasteiger partial charge < -0.3 is 24.2 Å². The minimum atomic E-state index is -0.257. The summed E-state index contributed by atoms with van der Waals surface area (Å²) in [7, 11) is 1.60. The number of nitrogens with zero attached hydrogens (tertiary/aromatic N) is 1. The van der Waals surface area contributed by atoms with Crippen molar-refractivity contribution >= 4 is 5.71 Å². The second kappa shape index (κ2) is 5.96. The number of hydrogen-bond donors (Lipinski definition) is 1. The molecule has 6 heteroatoms. The Hall–Kier alpha value is -2.89. The van der Waals surface area contributed by atoms with Crippen LogP contribution in [0.5, 0.6) is 23.0 Å². The van der Waals surface area contributed by atoms with Crippen LogP contribution >= 0.6 is 0 Å². The van der Waals surface area contributed by atoms with Crippen molar-refractivity contribution in [1.29, 1.82) is 0 Å².